The molecular formula is C11H10BrN3O3S. The van der Waals surface area contributed by atoms with Crippen molar-refractivity contribution in [3.05, 3.63) is 42.9 Å². The zero-order valence-corrected chi connectivity index (χ0v) is 12.6. The molecule has 0 aromatic carbocycles. The van der Waals surface area contributed by atoms with Crippen LogP contribution >= 0.6 is 27.3 Å². The molecule has 0 aliphatic carbocycles. The van der Waals surface area contributed by atoms with E-state index < -0.39 is 4.92 Å². The van der Waals surface area contributed by atoms with Gasteiger partial charge in [-0.25, -0.2) is 4.98 Å². The molecule has 0 amide bonds. The molecular weight excluding hydrogens is 334 g/mol. The summed E-state index contributed by atoms with van der Waals surface area (Å²) in [4.78, 5) is 18.4. The summed E-state index contributed by atoms with van der Waals surface area (Å²) in [7, 11) is 0. The highest BCUT2D eigenvalue weighted by Crippen LogP contribution is 2.31. The van der Waals surface area contributed by atoms with E-state index in [4.69, 9.17) is 4.74 Å². The minimum Gasteiger partial charge on any atom is -0.476 e. The first kappa shape index (κ1) is 13.9. The number of ether oxygens (including phenoxy) is 1. The van der Waals surface area contributed by atoms with Gasteiger partial charge in [0.15, 0.2) is 6.20 Å². The molecule has 0 N–H and O–H groups in total. The lowest BCUT2D eigenvalue weighted by Gasteiger charge is -2.12. The predicted octanol–water partition coefficient (Wildman–Crippen LogP) is 3.66. The third kappa shape index (κ3) is 3.27. The quantitative estimate of drug-likeness (QED) is 0.625. The first-order valence-electron chi connectivity index (χ1n) is 5.36. The van der Waals surface area contributed by atoms with E-state index in [0.717, 1.165) is 10.7 Å². The molecule has 0 saturated carbocycles. The van der Waals surface area contributed by atoms with Crippen LogP contribution in [0.4, 0.5) is 5.82 Å². The van der Waals surface area contributed by atoms with E-state index in [1.54, 1.807) is 6.92 Å². The molecule has 1 atom stereocenters. The number of nitrogens with zero attached hydrogens (tertiary/aromatic N) is 3. The second kappa shape index (κ2) is 5.62. The highest BCUT2D eigenvalue weighted by Gasteiger charge is 2.21. The van der Waals surface area contributed by atoms with Crippen molar-refractivity contribution >= 4 is 33.1 Å². The highest BCUT2D eigenvalue weighted by molar-refractivity contribution is 9.10. The van der Waals surface area contributed by atoms with Crippen LogP contribution in [0.15, 0.2) is 22.1 Å². The van der Waals surface area contributed by atoms with Crippen molar-refractivity contribution in [2.24, 2.45) is 0 Å². The summed E-state index contributed by atoms with van der Waals surface area (Å²) >= 11 is 4.72. The Hall–Kier alpha value is -1.54. The summed E-state index contributed by atoms with van der Waals surface area (Å²) in [5.41, 5.74) is 0.747. The lowest BCUT2D eigenvalue weighted by molar-refractivity contribution is -0.390. The van der Waals surface area contributed by atoms with Crippen LogP contribution in [-0.4, -0.2) is 14.9 Å². The van der Waals surface area contributed by atoms with Gasteiger partial charge in [-0.1, -0.05) is 0 Å². The Balaban J connectivity index is 2.27. The number of thiazole rings is 1. The van der Waals surface area contributed by atoms with Crippen molar-refractivity contribution in [1.82, 2.24) is 9.97 Å². The molecule has 0 spiro atoms. The van der Waals surface area contributed by atoms with Gasteiger partial charge in [0.25, 0.3) is 0 Å². The van der Waals surface area contributed by atoms with Gasteiger partial charge in [-0.05, 0) is 39.7 Å². The van der Waals surface area contributed by atoms with Crippen molar-refractivity contribution in [1.29, 1.82) is 0 Å². The predicted molar refractivity (Wildman–Crippen MR) is 74.5 cm³/mol. The number of hydrogen-bond acceptors (Lipinski definition) is 6. The molecule has 2 aromatic heterocycles. The Bertz CT molecular complexity index is 617. The fraction of sp³-hybridized carbons (Fsp3) is 0.273. The van der Waals surface area contributed by atoms with Gasteiger partial charge in [0.05, 0.1) is 15.2 Å². The third-order valence-corrected chi connectivity index (χ3v) is 3.55. The smallest absolute Gasteiger partial charge is 0.406 e. The minimum atomic E-state index is -0.569. The number of aryl methyl sites for hydroxylation is 1. The van der Waals surface area contributed by atoms with Crippen LogP contribution in [0, 0.1) is 17.0 Å². The van der Waals surface area contributed by atoms with Crippen molar-refractivity contribution in [3.8, 4) is 5.75 Å². The van der Waals surface area contributed by atoms with Gasteiger partial charge in [0.1, 0.15) is 6.10 Å². The number of halogens is 1. The molecule has 19 heavy (non-hydrogen) atoms. The number of nitro groups is 1. The summed E-state index contributed by atoms with van der Waals surface area (Å²) in [6, 6.07) is 1.53. The Morgan fingerprint density at radius 1 is 1.58 bits per heavy atom. The molecule has 8 heteroatoms. The van der Waals surface area contributed by atoms with E-state index in [1.807, 2.05) is 12.3 Å². The maximum Gasteiger partial charge on any atom is 0.406 e. The largest absolute Gasteiger partial charge is 0.476 e. The maximum atomic E-state index is 10.9. The van der Waals surface area contributed by atoms with E-state index in [0.29, 0.717) is 4.47 Å². The van der Waals surface area contributed by atoms with Crippen LogP contribution in [-0.2, 0) is 0 Å². The van der Waals surface area contributed by atoms with Crippen molar-refractivity contribution in [2.45, 2.75) is 20.0 Å². The van der Waals surface area contributed by atoms with E-state index >= 15 is 0 Å². The lowest BCUT2D eigenvalue weighted by Crippen LogP contribution is -2.06. The van der Waals surface area contributed by atoms with Crippen LogP contribution in [0.2, 0.25) is 0 Å². The van der Waals surface area contributed by atoms with Crippen molar-refractivity contribution < 1.29 is 9.66 Å². The van der Waals surface area contributed by atoms with Gasteiger partial charge >= 0.3 is 5.82 Å². The number of aromatic nitrogens is 2. The zero-order chi connectivity index (χ0) is 14.0. The van der Waals surface area contributed by atoms with Crippen molar-refractivity contribution in [3.63, 3.8) is 0 Å². The Morgan fingerprint density at radius 2 is 2.32 bits per heavy atom. The summed E-state index contributed by atoms with van der Waals surface area (Å²) in [5.74, 6) is -0.181. The zero-order valence-electron chi connectivity index (χ0n) is 10.2. The van der Waals surface area contributed by atoms with Crippen molar-refractivity contribution in [2.75, 3.05) is 0 Å². The van der Waals surface area contributed by atoms with Crippen LogP contribution in [0.1, 0.15) is 23.7 Å². The Kier molecular flexibility index (Phi) is 4.11. The number of rotatable bonds is 4. The minimum absolute atomic E-state index is 0.123. The Labute approximate surface area is 121 Å². The molecule has 0 fully saturated rings. The van der Waals surface area contributed by atoms with Crippen LogP contribution < -0.4 is 4.74 Å². The fourth-order valence-electron chi connectivity index (χ4n) is 1.46. The van der Waals surface area contributed by atoms with Gasteiger partial charge in [0, 0.05) is 11.4 Å². The SMILES string of the molecule is Cc1nc([C@@H](C)Oc2cc(Br)cnc2[N+](=O)[O-])cs1. The van der Waals surface area contributed by atoms with E-state index in [2.05, 4.69) is 25.9 Å². The summed E-state index contributed by atoms with van der Waals surface area (Å²) < 4.78 is 6.22. The molecule has 0 bridgehead atoms. The average Bonchev–Trinajstić information content (AvgIpc) is 2.75. The maximum absolute atomic E-state index is 10.9. The summed E-state index contributed by atoms with van der Waals surface area (Å²) in [6.45, 7) is 3.68. The van der Waals surface area contributed by atoms with E-state index in [-0.39, 0.29) is 17.7 Å². The Morgan fingerprint density at radius 3 is 2.89 bits per heavy atom. The normalized spacial score (nSPS) is 12.2. The molecule has 2 rings (SSSR count). The van der Waals surface area contributed by atoms with Gasteiger partial charge in [-0.15, -0.1) is 11.3 Å². The number of hydrogen-bond donors (Lipinski definition) is 0. The topological polar surface area (TPSA) is 78.2 Å². The van der Waals surface area contributed by atoms with Gasteiger partial charge in [-0.3, -0.25) is 0 Å². The molecule has 0 radical (unpaired) electrons. The number of pyridine rings is 1. The molecule has 0 aliphatic rings. The molecule has 2 aromatic rings. The fourth-order valence-corrected chi connectivity index (χ4v) is 2.46. The summed E-state index contributed by atoms with van der Waals surface area (Å²) in [6.07, 6.45) is 0.989. The van der Waals surface area contributed by atoms with E-state index in [9.17, 15) is 10.1 Å². The molecule has 6 nitrogen and oxygen atoms in total. The van der Waals surface area contributed by atoms with Gasteiger partial charge < -0.3 is 14.9 Å². The molecule has 0 saturated heterocycles. The van der Waals surface area contributed by atoms with Crippen LogP contribution in [0.5, 0.6) is 5.75 Å². The molecule has 100 valence electrons. The van der Waals surface area contributed by atoms with Gasteiger partial charge in [0.2, 0.25) is 5.75 Å². The first-order valence-corrected chi connectivity index (χ1v) is 7.03. The highest BCUT2D eigenvalue weighted by atomic mass is 79.9. The molecule has 2 heterocycles. The average molecular weight is 344 g/mol. The summed E-state index contributed by atoms with van der Waals surface area (Å²) in [5, 5.41) is 13.7. The molecule has 0 unspecified atom stereocenters. The third-order valence-electron chi connectivity index (χ3n) is 2.33. The van der Waals surface area contributed by atoms with Crippen LogP contribution in [0.3, 0.4) is 0 Å². The molecule has 0 aliphatic heterocycles. The standard InChI is InChI=1S/C11H10BrN3O3S/c1-6(9-5-19-7(2)14-9)18-10-3-8(12)4-13-11(10)15(16)17/h3-6H,1-2H3/t6-/m1/s1. The first-order chi connectivity index (χ1) is 8.97. The monoisotopic (exact) mass is 343 g/mol. The van der Waals surface area contributed by atoms with Crippen LogP contribution in [0.25, 0.3) is 0 Å². The van der Waals surface area contributed by atoms with Gasteiger partial charge in [-0.2, -0.15) is 0 Å². The lowest BCUT2D eigenvalue weighted by atomic mass is 10.3. The van der Waals surface area contributed by atoms with E-state index in [1.165, 1.54) is 23.6 Å². The second-order valence-corrected chi connectivity index (χ2v) is 5.76. The second-order valence-electron chi connectivity index (χ2n) is 3.78.